The fourth-order valence-electron chi connectivity index (χ4n) is 4.08. The molecule has 2 aromatic carbocycles. The number of aromatic hydroxyl groups is 1. The standard InChI is InChI=1S/C29H30F3NO6/c1-28(16-24(36-2)27(39-5)25(17-28)37-3)12-10-18-14-21(26(38-4)23(35)15-18)33-13-11-22(34)19-6-8-20(9-7-19)29(30,31)32/h6-16,33,35H,17H2,1-5H3/b12-10-,13-11-. The summed E-state index contributed by atoms with van der Waals surface area (Å²) in [5, 5.41) is 13.4. The number of anilines is 1. The minimum Gasteiger partial charge on any atom is -0.504 e. The van der Waals surface area contributed by atoms with Crippen molar-refractivity contribution in [3.8, 4) is 11.5 Å². The van der Waals surface area contributed by atoms with E-state index in [0.717, 1.165) is 24.3 Å². The first-order valence-corrected chi connectivity index (χ1v) is 11.8. The second-order valence-electron chi connectivity index (χ2n) is 8.93. The summed E-state index contributed by atoms with van der Waals surface area (Å²) in [6, 6.07) is 7.17. The number of hydrogen-bond donors (Lipinski definition) is 2. The van der Waals surface area contributed by atoms with E-state index in [9.17, 15) is 23.1 Å². The van der Waals surface area contributed by atoms with Crippen LogP contribution in [0.25, 0.3) is 6.08 Å². The minimum absolute atomic E-state index is 0.0952. The molecule has 39 heavy (non-hydrogen) atoms. The molecule has 0 aromatic heterocycles. The number of phenols is 1. The van der Waals surface area contributed by atoms with Crippen molar-refractivity contribution in [2.75, 3.05) is 33.8 Å². The number of ketones is 1. The summed E-state index contributed by atoms with van der Waals surface area (Å²) in [7, 11) is 6.04. The van der Waals surface area contributed by atoms with Crippen molar-refractivity contribution in [1.82, 2.24) is 0 Å². The van der Waals surface area contributed by atoms with Gasteiger partial charge in [0.25, 0.3) is 0 Å². The van der Waals surface area contributed by atoms with Gasteiger partial charge in [0, 0.05) is 29.7 Å². The molecular weight excluding hydrogens is 515 g/mol. The highest BCUT2D eigenvalue weighted by Gasteiger charge is 2.32. The predicted molar refractivity (Wildman–Crippen MR) is 141 cm³/mol. The summed E-state index contributed by atoms with van der Waals surface area (Å²) in [4.78, 5) is 12.4. The second kappa shape index (κ2) is 12.0. The maximum Gasteiger partial charge on any atom is 0.416 e. The molecule has 2 aromatic rings. The molecule has 0 spiro atoms. The molecular formula is C29H30F3NO6. The molecule has 0 amide bonds. The van der Waals surface area contributed by atoms with Crippen molar-refractivity contribution in [1.29, 1.82) is 0 Å². The molecule has 1 aliphatic rings. The van der Waals surface area contributed by atoms with Crippen LogP contribution in [0, 0.1) is 5.41 Å². The maximum absolute atomic E-state index is 12.8. The molecule has 1 aliphatic carbocycles. The van der Waals surface area contributed by atoms with E-state index < -0.39 is 22.9 Å². The molecule has 0 saturated carbocycles. The molecule has 0 bridgehead atoms. The van der Waals surface area contributed by atoms with Crippen LogP contribution < -0.4 is 10.1 Å². The van der Waals surface area contributed by atoms with Gasteiger partial charge >= 0.3 is 6.18 Å². The molecule has 0 heterocycles. The molecule has 1 atom stereocenters. The fraction of sp³-hybridized carbons (Fsp3) is 0.276. The van der Waals surface area contributed by atoms with Gasteiger partial charge in [-0.1, -0.05) is 31.2 Å². The number of nitrogens with one attached hydrogen (secondary N) is 1. The Morgan fingerprint density at radius 2 is 1.72 bits per heavy atom. The monoisotopic (exact) mass is 545 g/mol. The van der Waals surface area contributed by atoms with Crippen LogP contribution in [-0.2, 0) is 20.4 Å². The first-order chi connectivity index (χ1) is 18.4. The number of rotatable bonds is 10. The third-order valence-electron chi connectivity index (χ3n) is 6.07. The highest BCUT2D eigenvalue weighted by molar-refractivity contribution is 6.04. The molecule has 7 nitrogen and oxygen atoms in total. The lowest BCUT2D eigenvalue weighted by molar-refractivity contribution is -0.137. The van der Waals surface area contributed by atoms with Crippen LogP contribution in [0.15, 0.2) is 78.1 Å². The highest BCUT2D eigenvalue weighted by Crippen LogP contribution is 2.41. The van der Waals surface area contributed by atoms with E-state index in [1.165, 1.54) is 25.5 Å². The number of hydrogen-bond acceptors (Lipinski definition) is 7. The lowest BCUT2D eigenvalue weighted by atomic mass is 9.81. The maximum atomic E-state index is 12.8. The Labute approximate surface area is 224 Å². The molecule has 3 rings (SSSR count). The van der Waals surface area contributed by atoms with Crippen LogP contribution in [0.5, 0.6) is 11.5 Å². The largest absolute Gasteiger partial charge is 0.504 e. The summed E-state index contributed by atoms with van der Waals surface area (Å²) < 4.78 is 60.0. The highest BCUT2D eigenvalue weighted by atomic mass is 19.4. The smallest absolute Gasteiger partial charge is 0.416 e. The minimum atomic E-state index is -4.48. The molecule has 2 N–H and O–H groups in total. The van der Waals surface area contributed by atoms with Crippen LogP contribution in [0.3, 0.4) is 0 Å². The molecule has 0 saturated heterocycles. The van der Waals surface area contributed by atoms with Gasteiger partial charge in [-0.2, -0.15) is 13.2 Å². The van der Waals surface area contributed by atoms with E-state index in [1.54, 1.807) is 27.4 Å². The van der Waals surface area contributed by atoms with E-state index in [1.807, 2.05) is 25.2 Å². The Kier molecular flexibility index (Phi) is 9.00. The summed E-state index contributed by atoms with van der Waals surface area (Å²) in [5.74, 6) is 1.21. The number of carbonyl (C=O) groups excluding carboxylic acids is 1. The quantitative estimate of drug-likeness (QED) is 0.254. The zero-order chi connectivity index (χ0) is 28.8. The van der Waals surface area contributed by atoms with E-state index in [0.29, 0.717) is 34.9 Å². The van der Waals surface area contributed by atoms with Gasteiger partial charge in [0.15, 0.2) is 28.8 Å². The van der Waals surface area contributed by atoms with Gasteiger partial charge in [-0.05, 0) is 35.9 Å². The first kappa shape index (κ1) is 29.2. The van der Waals surface area contributed by atoms with Gasteiger partial charge in [-0.3, -0.25) is 4.79 Å². The number of ether oxygens (including phenoxy) is 4. The van der Waals surface area contributed by atoms with E-state index in [4.69, 9.17) is 18.9 Å². The van der Waals surface area contributed by atoms with Crippen LogP contribution in [0.4, 0.5) is 18.9 Å². The lowest BCUT2D eigenvalue weighted by Gasteiger charge is -2.30. The second-order valence-corrected chi connectivity index (χ2v) is 8.93. The Morgan fingerprint density at radius 1 is 1.03 bits per heavy atom. The van der Waals surface area contributed by atoms with Crippen molar-refractivity contribution in [2.45, 2.75) is 19.5 Å². The zero-order valence-electron chi connectivity index (χ0n) is 22.2. The topological polar surface area (TPSA) is 86.2 Å². The van der Waals surface area contributed by atoms with E-state index in [-0.39, 0.29) is 17.1 Å². The van der Waals surface area contributed by atoms with Crippen LogP contribution >= 0.6 is 0 Å². The third kappa shape index (κ3) is 6.95. The van der Waals surface area contributed by atoms with Gasteiger partial charge in [0.2, 0.25) is 0 Å². The van der Waals surface area contributed by atoms with Gasteiger partial charge in [0.05, 0.1) is 39.7 Å². The van der Waals surface area contributed by atoms with Gasteiger partial charge in [-0.15, -0.1) is 0 Å². The van der Waals surface area contributed by atoms with Crippen molar-refractivity contribution < 1.29 is 42.0 Å². The Balaban J connectivity index is 1.81. The van der Waals surface area contributed by atoms with Gasteiger partial charge < -0.3 is 29.4 Å². The van der Waals surface area contributed by atoms with E-state index >= 15 is 0 Å². The predicted octanol–water partition coefficient (Wildman–Crippen LogP) is 6.69. The van der Waals surface area contributed by atoms with Gasteiger partial charge in [-0.25, -0.2) is 0 Å². The third-order valence-corrected chi connectivity index (χ3v) is 6.07. The molecule has 0 fully saturated rings. The number of methoxy groups -OCH3 is 4. The first-order valence-electron chi connectivity index (χ1n) is 11.8. The van der Waals surface area contributed by atoms with Crippen LogP contribution in [-0.4, -0.2) is 39.3 Å². The SMILES string of the molecule is COC1=CC(C)(/C=C\c2cc(O)c(OC)c(N/C=C\C(=O)c3ccc(C(F)(F)F)cc3)c2)CC(OC)=C1OC. The number of phenolic OH excluding ortho intramolecular Hbond substituents is 1. The van der Waals surface area contributed by atoms with Gasteiger partial charge in [0.1, 0.15) is 5.76 Å². The van der Waals surface area contributed by atoms with Crippen LogP contribution in [0.2, 0.25) is 0 Å². The average Bonchev–Trinajstić information content (AvgIpc) is 2.90. The number of allylic oxidation sites excluding steroid dienone is 4. The number of alkyl halides is 3. The zero-order valence-corrected chi connectivity index (χ0v) is 22.2. The lowest BCUT2D eigenvalue weighted by Crippen LogP contribution is -2.20. The Morgan fingerprint density at radius 3 is 2.28 bits per heavy atom. The van der Waals surface area contributed by atoms with E-state index in [2.05, 4.69) is 5.32 Å². The summed E-state index contributed by atoms with van der Waals surface area (Å²) in [6.07, 6.45) is 4.20. The Bertz CT molecular complexity index is 1330. The number of halogens is 3. The molecule has 208 valence electrons. The Hall–Kier alpha value is -4.34. The normalized spacial score (nSPS) is 17.8. The summed E-state index contributed by atoms with van der Waals surface area (Å²) in [5.41, 5.74) is -0.230. The number of carbonyl (C=O) groups is 1. The van der Waals surface area contributed by atoms with Crippen molar-refractivity contribution >= 4 is 17.5 Å². The fourth-order valence-corrected chi connectivity index (χ4v) is 4.08. The summed E-state index contributed by atoms with van der Waals surface area (Å²) >= 11 is 0. The van der Waals surface area contributed by atoms with Crippen molar-refractivity contribution in [3.05, 3.63) is 94.8 Å². The van der Waals surface area contributed by atoms with Crippen molar-refractivity contribution in [3.63, 3.8) is 0 Å². The molecule has 1 unspecified atom stereocenters. The molecule has 0 aliphatic heterocycles. The van der Waals surface area contributed by atoms with Crippen molar-refractivity contribution in [2.24, 2.45) is 5.41 Å². The average molecular weight is 546 g/mol. The van der Waals surface area contributed by atoms with Crippen LogP contribution in [0.1, 0.15) is 34.8 Å². The molecule has 0 radical (unpaired) electrons. The molecule has 10 heteroatoms. The number of benzene rings is 2. The summed E-state index contributed by atoms with van der Waals surface area (Å²) in [6.45, 7) is 1.99.